The first-order valence-electron chi connectivity index (χ1n) is 7.50. The molecule has 0 atom stereocenters. The number of carbonyl (C=O) groups is 1. The molecular formula is C19H22O2. The molecule has 0 N–H and O–H groups in total. The molecule has 2 rings (SSSR count). The minimum absolute atomic E-state index is 0.0439. The zero-order chi connectivity index (χ0) is 15.1. The van der Waals surface area contributed by atoms with Crippen molar-refractivity contribution in [3.63, 3.8) is 0 Å². The Morgan fingerprint density at radius 2 is 1.95 bits per heavy atom. The SMILES string of the molecule is C=CCCCCCOc1c(C(C)=O)ccc2ccccc12. The van der Waals surface area contributed by atoms with Crippen LogP contribution >= 0.6 is 0 Å². The number of ketones is 1. The van der Waals surface area contributed by atoms with Crippen LogP contribution in [0.2, 0.25) is 0 Å². The van der Waals surface area contributed by atoms with Crippen LogP contribution in [0.5, 0.6) is 5.75 Å². The van der Waals surface area contributed by atoms with Gasteiger partial charge in [-0.1, -0.05) is 36.4 Å². The standard InChI is InChI=1S/C19H22O2/c1-3-4-5-6-9-14-21-19-17(15(2)20)13-12-16-10-7-8-11-18(16)19/h3,7-8,10-13H,1,4-6,9,14H2,2H3. The normalized spacial score (nSPS) is 10.5. The number of hydrogen-bond donors (Lipinski definition) is 0. The van der Waals surface area contributed by atoms with Gasteiger partial charge in [-0.25, -0.2) is 0 Å². The van der Waals surface area contributed by atoms with Crippen LogP contribution in [0.1, 0.15) is 43.0 Å². The molecule has 0 aliphatic rings. The van der Waals surface area contributed by atoms with Crippen LogP contribution in [0.25, 0.3) is 10.8 Å². The highest BCUT2D eigenvalue weighted by Crippen LogP contribution is 2.30. The van der Waals surface area contributed by atoms with E-state index in [1.54, 1.807) is 6.92 Å². The zero-order valence-electron chi connectivity index (χ0n) is 12.6. The Labute approximate surface area is 126 Å². The number of rotatable bonds is 8. The highest BCUT2D eigenvalue weighted by Gasteiger charge is 2.12. The van der Waals surface area contributed by atoms with Gasteiger partial charge in [0.1, 0.15) is 5.75 Å². The van der Waals surface area contributed by atoms with E-state index >= 15 is 0 Å². The van der Waals surface area contributed by atoms with Crippen molar-refractivity contribution in [2.45, 2.75) is 32.6 Å². The molecule has 0 heterocycles. The van der Waals surface area contributed by atoms with Gasteiger partial charge < -0.3 is 4.74 Å². The van der Waals surface area contributed by atoms with Crippen LogP contribution in [0.4, 0.5) is 0 Å². The molecule has 0 fully saturated rings. The Kier molecular flexibility index (Phi) is 5.56. The molecular weight excluding hydrogens is 260 g/mol. The highest BCUT2D eigenvalue weighted by atomic mass is 16.5. The number of hydrogen-bond acceptors (Lipinski definition) is 2. The molecule has 0 saturated heterocycles. The van der Waals surface area contributed by atoms with E-state index in [4.69, 9.17) is 4.74 Å². The van der Waals surface area contributed by atoms with E-state index in [1.807, 2.05) is 42.5 Å². The summed E-state index contributed by atoms with van der Waals surface area (Å²) < 4.78 is 5.95. The number of unbranched alkanes of at least 4 members (excludes halogenated alkanes) is 3. The fraction of sp³-hybridized carbons (Fsp3) is 0.316. The number of carbonyl (C=O) groups excluding carboxylic acids is 1. The fourth-order valence-corrected chi connectivity index (χ4v) is 2.42. The smallest absolute Gasteiger partial charge is 0.163 e. The summed E-state index contributed by atoms with van der Waals surface area (Å²) in [7, 11) is 0. The van der Waals surface area contributed by atoms with Crippen LogP contribution in [0.3, 0.4) is 0 Å². The van der Waals surface area contributed by atoms with Gasteiger partial charge >= 0.3 is 0 Å². The average molecular weight is 282 g/mol. The molecule has 2 aromatic carbocycles. The summed E-state index contributed by atoms with van der Waals surface area (Å²) in [6.45, 7) is 5.95. The van der Waals surface area contributed by atoms with Gasteiger partial charge in [0.25, 0.3) is 0 Å². The monoisotopic (exact) mass is 282 g/mol. The van der Waals surface area contributed by atoms with Gasteiger partial charge in [-0.2, -0.15) is 0 Å². The lowest BCUT2D eigenvalue weighted by Crippen LogP contribution is -2.03. The number of allylic oxidation sites excluding steroid dienone is 1. The summed E-state index contributed by atoms with van der Waals surface area (Å²) >= 11 is 0. The summed E-state index contributed by atoms with van der Waals surface area (Å²) in [5, 5.41) is 2.11. The summed E-state index contributed by atoms with van der Waals surface area (Å²) in [5.41, 5.74) is 0.666. The van der Waals surface area contributed by atoms with Gasteiger partial charge in [0, 0.05) is 5.39 Å². The molecule has 0 aromatic heterocycles. The molecule has 0 unspecified atom stereocenters. The number of benzene rings is 2. The van der Waals surface area contributed by atoms with Crippen molar-refractivity contribution in [1.29, 1.82) is 0 Å². The number of fused-ring (bicyclic) bond motifs is 1. The van der Waals surface area contributed by atoms with Gasteiger partial charge in [-0.15, -0.1) is 6.58 Å². The van der Waals surface area contributed by atoms with Crippen LogP contribution in [-0.2, 0) is 0 Å². The lowest BCUT2D eigenvalue weighted by Gasteiger charge is -2.13. The number of Topliss-reactive ketones (excluding diaryl/α,β-unsaturated/α-hetero) is 1. The van der Waals surface area contributed by atoms with Crippen LogP contribution in [0.15, 0.2) is 49.1 Å². The van der Waals surface area contributed by atoms with Crippen molar-refractivity contribution in [3.8, 4) is 5.75 Å². The summed E-state index contributed by atoms with van der Waals surface area (Å²) in [5.74, 6) is 0.770. The van der Waals surface area contributed by atoms with Gasteiger partial charge in [0.2, 0.25) is 0 Å². The zero-order valence-corrected chi connectivity index (χ0v) is 12.6. The number of ether oxygens (including phenoxy) is 1. The third kappa shape index (κ3) is 3.94. The maximum Gasteiger partial charge on any atom is 0.163 e. The predicted octanol–water partition coefficient (Wildman–Crippen LogP) is 5.17. The molecule has 0 amide bonds. The Morgan fingerprint density at radius 1 is 1.14 bits per heavy atom. The van der Waals surface area contributed by atoms with Crippen molar-refractivity contribution in [2.24, 2.45) is 0 Å². The first-order chi connectivity index (χ1) is 10.2. The van der Waals surface area contributed by atoms with E-state index in [0.29, 0.717) is 12.2 Å². The minimum atomic E-state index is 0.0439. The lowest BCUT2D eigenvalue weighted by molar-refractivity contribution is 0.101. The molecule has 2 aromatic rings. The molecule has 0 radical (unpaired) electrons. The highest BCUT2D eigenvalue weighted by molar-refractivity contribution is 6.03. The molecule has 0 aliphatic heterocycles. The predicted molar refractivity (Wildman–Crippen MR) is 88.1 cm³/mol. The lowest BCUT2D eigenvalue weighted by atomic mass is 10.0. The van der Waals surface area contributed by atoms with Crippen LogP contribution in [0, 0.1) is 0 Å². The van der Waals surface area contributed by atoms with Crippen molar-refractivity contribution < 1.29 is 9.53 Å². The second-order valence-electron chi connectivity index (χ2n) is 5.21. The largest absolute Gasteiger partial charge is 0.492 e. The van der Waals surface area contributed by atoms with E-state index in [2.05, 4.69) is 6.58 Å². The second-order valence-corrected chi connectivity index (χ2v) is 5.21. The van der Waals surface area contributed by atoms with E-state index in [-0.39, 0.29) is 5.78 Å². The van der Waals surface area contributed by atoms with E-state index in [9.17, 15) is 4.79 Å². The average Bonchev–Trinajstić information content (AvgIpc) is 2.50. The molecule has 0 saturated carbocycles. The quantitative estimate of drug-likeness (QED) is 0.379. The fourth-order valence-electron chi connectivity index (χ4n) is 2.42. The van der Waals surface area contributed by atoms with Crippen LogP contribution in [-0.4, -0.2) is 12.4 Å². The molecule has 110 valence electrons. The van der Waals surface area contributed by atoms with Crippen molar-refractivity contribution in [3.05, 3.63) is 54.6 Å². The van der Waals surface area contributed by atoms with E-state index in [0.717, 1.165) is 42.2 Å². The van der Waals surface area contributed by atoms with Gasteiger partial charge in [-0.05, 0) is 44.1 Å². The Morgan fingerprint density at radius 3 is 2.71 bits per heavy atom. The summed E-state index contributed by atoms with van der Waals surface area (Å²) in [6.07, 6.45) is 6.24. The van der Waals surface area contributed by atoms with Crippen molar-refractivity contribution >= 4 is 16.6 Å². The molecule has 0 bridgehead atoms. The van der Waals surface area contributed by atoms with E-state index < -0.39 is 0 Å². The summed E-state index contributed by atoms with van der Waals surface area (Å²) in [4.78, 5) is 11.8. The molecule has 0 spiro atoms. The Bertz CT molecular complexity index is 628. The molecule has 2 heteroatoms. The molecule has 21 heavy (non-hydrogen) atoms. The first kappa shape index (κ1) is 15.3. The topological polar surface area (TPSA) is 26.3 Å². The Balaban J connectivity index is 2.14. The Hall–Kier alpha value is -2.09. The van der Waals surface area contributed by atoms with Crippen molar-refractivity contribution in [2.75, 3.05) is 6.61 Å². The van der Waals surface area contributed by atoms with Gasteiger partial charge in [-0.3, -0.25) is 4.79 Å². The summed E-state index contributed by atoms with van der Waals surface area (Å²) in [6, 6.07) is 11.9. The van der Waals surface area contributed by atoms with Gasteiger partial charge in [0.05, 0.1) is 12.2 Å². The maximum atomic E-state index is 11.8. The third-order valence-electron chi connectivity index (χ3n) is 3.56. The van der Waals surface area contributed by atoms with Crippen molar-refractivity contribution in [1.82, 2.24) is 0 Å². The molecule has 0 aliphatic carbocycles. The first-order valence-corrected chi connectivity index (χ1v) is 7.50. The molecule has 2 nitrogen and oxygen atoms in total. The van der Waals surface area contributed by atoms with Gasteiger partial charge in [0.15, 0.2) is 5.78 Å². The minimum Gasteiger partial charge on any atom is -0.492 e. The van der Waals surface area contributed by atoms with E-state index in [1.165, 1.54) is 0 Å². The third-order valence-corrected chi connectivity index (χ3v) is 3.56. The second kappa shape index (κ2) is 7.63. The maximum absolute atomic E-state index is 11.8. The van der Waals surface area contributed by atoms with Crippen LogP contribution < -0.4 is 4.74 Å².